The topological polar surface area (TPSA) is 30.5 Å². The molecule has 1 aromatic rings. The Labute approximate surface area is 121 Å². The number of methoxy groups -OCH3 is 2. The molecule has 3 nitrogen and oxygen atoms in total. The molecule has 1 unspecified atom stereocenters. The van der Waals surface area contributed by atoms with Gasteiger partial charge in [0.25, 0.3) is 0 Å². The summed E-state index contributed by atoms with van der Waals surface area (Å²) in [4.78, 5) is 0. The Hall–Kier alpha value is -1.09. The number of unbranched alkanes of at least 4 members (excludes halogenated alkanes) is 1. The Kier molecular flexibility index (Phi) is 6.85. The fourth-order valence-corrected chi connectivity index (χ4v) is 2.22. The van der Waals surface area contributed by atoms with Crippen LogP contribution in [0.5, 0.6) is 11.5 Å². The second-order valence-corrected chi connectivity index (χ2v) is 4.99. The van der Waals surface area contributed by atoms with E-state index in [1.807, 2.05) is 6.07 Å². The molecule has 1 atom stereocenters. The maximum absolute atomic E-state index is 6.27. The van der Waals surface area contributed by atoms with E-state index in [2.05, 4.69) is 19.2 Å². The molecule has 0 aromatic heterocycles. The van der Waals surface area contributed by atoms with Crippen molar-refractivity contribution in [1.29, 1.82) is 0 Å². The van der Waals surface area contributed by atoms with E-state index in [-0.39, 0.29) is 0 Å². The highest BCUT2D eigenvalue weighted by Gasteiger charge is 2.12. The van der Waals surface area contributed by atoms with Gasteiger partial charge in [-0.05, 0) is 12.8 Å². The quantitative estimate of drug-likeness (QED) is 0.748. The van der Waals surface area contributed by atoms with Gasteiger partial charge in [-0.2, -0.15) is 0 Å². The average molecular weight is 286 g/mol. The van der Waals surface area contributed by atoms with Crippen LogP contribution in [0.25, 0.3) is 0 Å². The van der Waals surface area contributed by atoms with Gasteiger partial charge < -0.3 is 14.8 Å². The molecule has 0 aliphatic carbocycles. The molecule has 0 saturated carbocycles. The van der Waals surface area contributed by atoms with Crippen molar-refractivity contribution in [2.75, 3.05) is 19.5 Å². The molecule has 108 valence electrons. The highest BCUT2D eigenvalue weighted by atomic mass is 35.5. The van der Waals surface area contributed by atoms with E-state index in [4.69, 9.17) is 21.1 Å². The molecule has 1 N–H and O–H groups in total. The van der Waals surface area contributed by atoms with Gasteiger partial charge in [0.15, 0.2) is 11.5 Å². The van der Waals surface area contributed by atoms with Crippen LogP contribution in [0.3, 0.4) is 0 Å². The summed E-state index contributed by atoms with van der Waals surface area (Å²) in [5.41, 5.74) is 0.905. The van der Waals surface area contributed by atoms with Crippen molar-refractivity contribution in [3.05, 3.63) is 17.2 Å². The first-order valence-corrected chi connectivity index (χ1v) is 7.22. The average Bonchev–Trinajstić information content (AvgIpc) is 2.44. The van der Waals surface area contributed by atoms with Crippen LogP contribution in [0.4, 0.5) is 5.69 Å². The molecule has 0 aliphatic rings. The molecule has 0 amide bonds. The van der Waals surface area contributed by atoms with Crippen molar-refractivity contribution in [3.8, 4) is 11.5 Å². The lowest BCUT2D eigenvalue weighted by Gasteiger charge is -2.20. The van der Waals surface area contributed by atoms with Crippen molar-refractivity contribution < 1.29 is 9.47 Å². The highest BCUT2D eigenvalue weighted by molar-refractivity contribution is 6.33. The zero-order valence-electron chi connectivity index (χ0n) is 12.3. The first kappa shape index (κ1) is 16.0. The van der Waals surface area contributed by atoms with Crippen molar-refractivity contribution in [1.82, 2.24) is 0 Å². The zero-order chi connectivity index (χ0) is 14.3. The maximum atomic E-state index is 6.27. The summed E-state index contributed by atoms with van der Waals surface area (Å²) in [7, 11) is 3.24. The van der Waals surface area contributed by atoms with Gasteiger partial charge in [0.1, 0.15) is 0 Å². The fraction of sp³-hybridized carbons (Fsp3) is 0.600. The van der Waals surface area contributed by atoms with Gasteiger partial charge in [-0.1, -0.05) is 38.3 Å². The third-order valence-corrected chi connectivity index (χ3v) is 3.54. The minimum absolute atomic E-state index is 0.440. The first-order chi connectivity index (χ1) is 9.15. The van der Waals surface area contributed by atoms with Gasteiger partial charge in [0, 0.05) is 18.2 Å². The SMILES string of the molecule is CCCCC(CC)Nc1cc(OC)c(OC)cc1Cl. The molecule has 0 aliphatic heterocycles. The Morgan fingerprint density at radius 3 is 2.32 bits per heavy atom. The molecule has 1 aromatic carbocycles. The predicted octanol–water partition coefficient (Wildman–Crippen LogP) is 4.74. The number of hydrogen-bond acceptors (Lipinski definition) is 3. The van der Waals surface area contributed by atoms with Gasteiger partial charge in [-0.15, -0.1) is 0 Å². The Balaban J connectivity index is 2.87. The molecule has 19 heavy (non-hydrogen) atoms. The number of ether oxygens (including phenoxy) is 2. The van der Waals surface area contributed by atoms with E-state index in [0.29, 0.717) is 22.6 Å². The molecule has 0 spiro atoms. The van der Waals surface area contributed by atoms with Crippen molar-refractivity contribution in [2.24, 2.45) is 0 Å². The number of anilines is 1. The monoisotopic (exact) mass is 285 g/mol. The van der Waals surface area contributed by atoms with Gasteiger partial charge in [-0.3, -0.25) is 0 Å². The number of rotatable bonds is 8. The van der Waals surface area contributed by atoms with Crippen LogP contribution >= 0.6 is 11.6 Å². The second-order valence-electron chi connectivity index (χ2n) is 4.58. The Morgan fingerprint density at radius 1 is 1.16 bits per heavy atom. The lowest BCUT2D eigenvalue weighted by atomic mass is 10.1. The Bertz CT molecular complexity index is 396. The van der Waals surface area contributed by atoms with Gasteiger partial charge in [0.2, 0.25) is 0 Å². The van der Waals surface area contributed by atoms with E-state index in [1.54, 1.807) is 20.3 Å². The summed E-state index contributed by atoms with van der Waals surface area (Å²) in [6.45, 7) is 4.39. The van der Waals surface area contributed by atoms with Crippen LogP contribution < -0.4 is 14.8 Å². The second kappa shape index (κ2) is 8.16. The Morgan fingerprint density at radius 2 is 1.79 bits per heavy atom. The zero-order valence-corrected chi connectivity index (χ0v) is 13.0. The lowest BCUT2D eigenvalue weighted by molar-refractivity contribution is 0.355. The highest BCUT2D eigenvalue weighted by Crippen LogP contribution is 2.36. The van der Waals surface area contributed by atoms with Crippen LogP contribution in [0.15, 0.2) is 12.1 Å². The van der Waals surface area contributed by atoms with E-state index in [1.165, 1.54) is 12.8 Å². The lowest BCUT2D eigenvalue weighted by Crippen LogP contribution is -2.18. The maximum Gasteiger partial charge on any atom is 0.162 e. The molecule has 0 bridgehead atoms. The van der Waals surface area contributed by atoms with Crippen LogP contribution in [0, 0.1) is 0 Å². The first-order valence-electron chi connectivity index (χ1n) is 6.84. The summed E-state index contributed by atoms with van der Waals surface area (Å²) >= 11 is 6.27. The number of hydrogen-bond donors (Lipinski definition) is 1. The van der Waals surface area contributed by atoms with Crippen molar-refractivity contribution in [2.45, 2.75) is 45.6 Å². The standard InChI is InChI=1S/C15H24ClNO2/c1-5-7-8-11(6-2)17-13-10-15(19-4)14(18-3)9-12(13)16/h9-11,17H,5-8H2,1-4H3. The predicted molar refractivity (Wildman–Crippen MR) is 81.8 cm³/mol. The molecular formula is C15H24ClNO2. The van der Waals surface area contributed by atoms with E-state index in [0.717, 1.165) is 18.5 Å². The minimum Gasteiger partial charge on any atom is -0.493 e. The fourth-order valence-electron chi connectivity index (χ4n) is 2.01. The number of halogens is 1. The smallest absolute Gasteiger partial charge is 0.162 e. The number of benzene rings is 1. The summed E-state index contributed by atoms with van der Waals surface area (Å²) in [5, 5.41) is 4.15. The van der Waals surface area contributed by atoms with Crippen LogP contribution in [-0.2, 0) is 0 Å². The summed E-state index contributed by atoms with van der Waals surface area (Å²) < 4.78 is 10.5. The van der Waals surface area contributed by atoms with Crippen LogP contribution in [0.2, 0.25) is 5.02 Å². The van der Waals surface area contributed by atoms with Crippen molar-refractivity contribution in [3.63, 3.8) is 0 Å². The van der Waals surface area contributed by atoms with E-state index < -0.39 is 0 Å². The van der Waals surface area contributed by atoms with Gasteiger partial charge in [-0.25, -0.2) is 0 Å². The van der Waals surface area contributed by atoms with Crippen LogP contribution in [-0.4, -0.2) is 20.3 Å². The van der Waals surface area contributed by atoms with Gasteiger partial charge in [0.05, 0.1) is 24.9 Å². The molecule has 0 heterocycles. The van der Waals surface area contributed by atoms with E-state index in [9.17, 15) is 0 Å². The summed E-state index contributed by atoms with van der Waals surface area (Å²) in [5.74, 6) is 1.35. The van der Waals surface area contributed by atoms with E-state index >= 15 is 0 Å². The minimum atomic E-state index is 0.440. The molecule has 0 radical (unpaired) electrons. The molecular weight excluding hydrogens is 262 g/mol. The number of nitrogens with one attached hydrogen (secondary N) is 1. The summed E-state index contributed by atoms with van der Waals surface area (Å²) in [6, 6.07) is 4.13. The van der Waals surface area contributed by atoms with Crippen LogP contribution in [0.1, 0.15) is 39.5 Å². The summed E-state index contributed by atoms with van der Waals surface area (Å²) in [6.07, 6.45) is 4.65. The van der Waals surface area contributed by atoms with Crippen molar-refractivity contribution >= 4 is 17.3 Å². The largest absolute Gasteiger partial charge is 0.493 e. The normalized spacial score (nSPS) is 12.1. The van der Waals surface area contributed by atoms with Gasteiger partial charge >= 0.3 is 0 Å². The third-order valence-electron chi connectivity index (χ3n) is 3.23. The molecule has 1 rings (SSSR count). The molecule has 0 fully saturated rings. The molecule has 0 saturated heterocycles. The molecule has 4 heteroatoms. The third kappa shape index (κ3) is 4.50.